The van der Waals surface area contributed by atoms with Gasteiger partial charge in [-0.1, -0.05) is 30.3 Å². The van der Waals surface area contributed by atoms with Gasteiger partial charge in [-0.2, -0.15) is 0 Å². The standard InChI is InChI=1S/C11H17NO/c1-11(12-2,8-9-13)10-6-4-3-5-7-10/h3-7,12-13H,8-9H2,1-2H3. The number of rotatable bonds is 4. The van der Waals surface area contributed by atoms with Gasteiger partial charge in [0.2, 0.25) is 0 Å². The number of benzene rings is 1. The SMILES string of the molecule is CNC(C)(CCO)c1ccccc1. The summed E-state index contributed by atoms with van der Waals surface area (Å²) in [5.41, 5.74) is 1.10. The van der Waals surface area contributed by atoms with Gasteiger partial charge in [0.1, 0.15) is 0 Å². The lowest BCUT2D eigenvalue weighted by molar-refractivity contribution is 0.228. The molecule has 72 valence electrons. The minimum absolute atomic E-state index is 0.115. The molecule has 0 aromatic heterocycles. The van der Waals surface area contributed by atoms with E-state index in [1.54, 1.807) is 0 Å². The van der Waals surface area contributed by atoms with Crippen molar-refractivity contribution in [3.05, 3.63) is 35.9 Å². The first-order valence-electron chi connectivity index (χ1n) is 4.58. The summed E-state index contributed by atoms with van der Waals surface area (Å²) >= 11 is 0. The Balaban J connectivity index is 2.89. The van der Waals surface area contributed by atoms with Gasteiger partial charge >= 0.3 is 0 Å². The van der Waals surface area contributed by atoms with Crippen LogP contribution in [0, 0.1) is 0 Å². The van der Waals surface area contributed by atoms with Crippen LogP contribution in [-0.2, 0) is 5.54 Å². The summed E-state index contributed by atoms with van der Waals surface area (Å²) in [7, 11) is 1.92. The van der Waals surface area contributed by atoms with Crippen LogP contribution in [0.2, 0.25) is 0 Å². The molecule has 13 heavy (non-hydrogen) atoms. The van der Waals surface area contributed by atoms with E-state index in [1.807, 2.05) is 25.2 Å². The zero-order valence-corrected chi connectivity index (χ0v) is 8.25. The van der Waals surface area contributed by atoms with E-state index in [9.17, 15) is 0 Å². The van der Waals surface area contributed by atoms with E-state index in [2.05, 4.69) is 24.4 Å². The minimum Gasteiger partial charge on any atom is -0.396 e. The summed E-state index contributed by atoms with van der Waals surface area (Å²) in [6, 6.07) is 10.2. The number of hydrogen-bond donors (Lipinski definition) is 2. The van der Waals surface area contributed by atoms with Crippen LogP contribution in [0.3, 0.4) is 0 Å². The molecule has 2 N–H and O–H groups in total. The summed E-state index contributed by atoms with van der Waals surface area (Å²) in [5, 5.41) is 12.2. The molecule has 1 unspecified atom stereocenters. The molecule has 0 aliphatic rings. The van der Waals surface area contributed by atoms with E-state index in [-0.39, 0.29) is 12.1 Å². The predicted molar refractivity (Wildman–Crippen MR) is 54.6 cm³/mol. The lowest BCUT2D eigenvalue weighted by Gasteiger charge is -2.29. The second kappa shape index (κ2) is 4.40. The molecular formula is C11H17NO. The summed E-state index contributed by atoms with van der Waals surface area (Å²) in [5.74, 6) is 0. The average Bonchev–Trinajstić information content (AvgIpc) is 2.19. The third-order valence-corrected chi connectivity index (χ3v) is 2.57. The smallest absolute Gasteiger partial charge is 0.0451 e. The highest BCUT2D eigenvalue weighted by Crippen LogP contribution is 2.23. The van der Waals surface area contributed by atoms with Crippen molar-refractivity contribution < 1.29 is 5.11 Å². The van der Waals surface area contributed by atoms with Crippen LogP contribution < -0.4 is 5.32 Å². The molecule has 0 amide bonds. The van der Waals surface area contributed by atoms with Gasteiger partial charge in [0.05, 0.1) is 0 Å². The van der Waals surface area contributed by atoms with Gasteiger partial charge in [-0.15, -0.1) is 0 Å². The lowest BCUT2D eigenvalue weighted by Crippen LogP contribution is -2.37. The van der Waals surface area contributed by atoms with Gasteiger partial charge in [0, 0.05) is 12.1 Å². The van der Waals surface area contributed by atoms with Crippen LogP contribution >= 0.6 is 0 Å². The van der Waals surface area contributed by atoms with Crippen molar-refractivity contribution in [1.82, 2.24) is 5.32 Å². The quantitative estimate of drug-likeness (QED) is 0.734. The molecule has 0 spiro atoms. The maximum atomic E-state index is 8.95. The molecule has 1 rings (SSSR count). The van der Waals surface area contributed by atoms with Crippen LogP contribution in [0.25, 0.3) is 0 Å². The normalized spacial score (nSPS) is 15.3. The molecule has 1 aromatic carbocycles. The summed E-state index contributed by atoms with van der Waals surface area (Å²) in [6.07, 6.45) is 0.730. The molecule has 0 aliphatic carbocycles. The Morgan fingerprint density at radius 2 is 1.92 bits per heavy atom. The van der Waals surface area contributed by atoms with Crippen molar-refractivity contribution in [3.63, 3.8) is 0 Å². The highest BCUT2D eigenvalue weighted by Gasteiger charge is 2.22. The van der Waals surface area contributed by atoms with Crippen LogP contribution in [0.5, 0.6) is 0 Å². The first-order valence-corrected chi connectivity index (χ1v) is 4.58. The molecule has 0 radical (unpaired) electrons. The summed E-state index contributed by atoms with van der Waals surface area (Å²) in [4.78, 5) is 0. The topological polar surface area (TPSA) is 32.3 Å². The average molecular weight is 179 g/mol. The molecule has 0 heterocycles. The monoisotopic (exact) mass is 179 g/mol. The molecule has 0 aliphatic heterocycles. The van der Waals surface area contributed by atoms with Crippen molar-refractivity contribution in [3.8, 4) is 0 Å². The Morgan fingerprint density at radius 3 is 2.38 bits per heavy atom. The van der Waals surface area contributed by atoms with Gasteiger partial charge in [0.15, 0.2) is 0 Å². The fourth-order valence-corrected chi connectivity index (χ4v) is 1.44. The Morgan fingerprint density at radius 1 is 1.31 bits per heavy atom. The highest BCUT2D eigenvalue weighted by atomic mass is 16.3. The number of nitrogens with one attached hydrogen (secondary N) is 1. The third kappa shape index (κ3) is 2.29. The zero-order chi connectivity index (χ0) is 9.73. The van der Waals surface area contributed by atoms with E-state index in [0.29, 0.717) is 0 Å². The van der Waals surface area contributed by atoms with Crippen LogP contribution in [0.15, 0.2) is 30.3 Å². The summed E-state index contributed by atoms with van der Waals surface area (Å²) in [6.45, 7) is 2.30. The molecule has 2 heteroatoms. The van der Waals surface area contributed by atoms with E-state index in [0.717, 1.165) is 6.42 Å². The molecule has 1 atom stereocenters. The lowest BCUT2D eigenvalue weighted by atomic mass is 9.89. The molecule has 0 fully saturated rings. The van der Waals surface area contributed by atoms with Gasteiger partial charge in [-0.3, -0.25) is 0 Å². The number of aliphatic hydroxyl groups excluding tert-OH is 1. The largest absolute Gasteiger partial charge is 0.396 e. The molecular weight excluding hydrogens is 162 g/mol. The van der Waals surface area contributed by atoms with Crippen molar-refractivity contribution in [2.24, 2.45) is 0 Å². The minimum atomic E-state index is -0.115. The van der Waals surface area contributed by atoms with E-state index >= 15 is 0 Å². The molecule has 0 saturated carbocycles. The van der Waals surface area contributed by atoms with E-state index in [4.69, 9.17) is 5.11 Å². The fraction of sp³-hybridized carbons (Fsp3) is 0.455. The second-order valence-corrected chi connectivity index (χ2v) is 3.42. The van der Waals surface area contributed by atoms with Gasteiger partial charge in [-0.05, 0) is 26.0 Å². The van der Waals surface area contributed by atoms with Gasteiger partial charge < -0.3 is 10.4 Å². The molecule has 1 aromatic rings. The molecule has 0 bridgehead atoms. The number of aliphatic hydroxyl groups is 1. The molecule has 2 nitrogen and oxygen atoms in total. The van der Waals surface area contributed by atoms with Crippen LogP contribution in [0.1, 0.15) is 18.9 Å². The first kappa shape index (κ1) is 10.2. The van der Waals surface area contributed by atoms with Gasteiger partial charge in [-0.25, -0.2) is 0 Å². The van der Waals surface area contributed by atoms with Crippen molar-refractivity contribution in [2.45, 2.75) is 18.9 Å². The Labute approximate surface area is 79.6 Å². The van der Waals surface area contributed by atoms with Crippen molar-refractivity contribution in [2.75, 3.05) is 13.7 Å². The van der Waals surface area contributed by atoms with Crippen LogP contribution in [0.4, 0.5) is 0 Å². The van der Waals surface area contributed by atoms with E-state index in [1.165, 1.54) is 5.56 Å². The van der Waals surface area contributed by atoms with Crippen molar-refractivity contribution in [1.29, 1.82) is 0 Å². The maximum Gasteiger partial charge on any atom is 0.0451 e. The third-order valence-electron chi connectivity index (χ3n) is 2.57. The zero-order valence-electron chi connectivity index (χ0n) is 8.25. The van der Waals surface area contributed by atoms with Crippen LogP contribution in [-0.4, -0.2) is 18.8 Å². The second-order valence-electron chi connectivity index (χ2n) is 3.42. The fourth-order valence-electron chi connectivity index (χ4n) is 1.44. The predicted octanol–water partition coefficient (Wildman–Crippen LogP) is 1.50. The summed E-state index contributed by atoms with van der Waals surface area (Å²) < 4.78 is 0. The van der Waals surface area contributed by atoms with E-state index < -0.39 is 0 Å². The number of hydrogen-bond acceptors (Lipinski definition) is 2. The Kier molecular flexibility index (Phi) is 3.46. The first-order chi connectivity index (χ1) is 6.23. The maximum absolute atomic E-state index is 8.95. The molecule has 0 saturated heterocycles. The van der Waals surface area contributed by atoms with Gasteiger partial charge in [0.25, 0.3) is 0 Å². The Bertz CT molecular complexity index is 248. The highest BCUT2D eigenvalue weighted by molar-refractivity contribution is 5.23. The van der Waals surface area contributed by atoms with Crippen molar-refractivity contribution >= 4 is 0 Å². The Hall–Kier alpha value is -0.860.